The minimum Gasteiger partial charge on any atom is -0.0650 e. The van der Waals surface area contributed by atoms with E-state index >= 15 is 0 Å². The van der Waals surface area contributed by atoms with Crippen LogP contribution < -0.4 is 5.19 Å². The molecule has 0 amide bonds. The third-order valence-corrected chi connectivity index (χ3v) is 13.0. The number of rotatable bonds is 4. The minimum atomic E-state index is -1.64. The molecule has 0 radical (unpaired) electrons. The monoisotopic (exact) mass is 438 g/mol. The van der Waals surface area contributed by atoms with Gasteiger partial charge in [0.25, 0.3) is 0 Å². The summed E-state index contributed by atoms with van der Waals surface area (Å²) in [5.41, 5.74) is 7.37. The molecule has 0 saturated heterocycles. The highest BCUT2D eigenvalue weighted by atomic mass is 79.9. The summed E-state index contributed by atoms with van der Waals surface area (Å²) < 4.78 is 1.22. The molecule has 0 saturated carbocycles. The van der Waals surface area contributed by atoms with Crippen LogP contribution in [0.4, 0.5) is 0 Å². The fraction of sp³-hybridized carbons (Fsp3) is 0.360. The van der Waals surface area contributed by atoms with Crippen molar-refractivity contribution in [3.63, 3.8) is 0 Å². The van der Waals surface area contributed by atoms with Crippen LogP contribution in [0.15, 0.2) is 59.1 Å². The van der Waals surface area contributed by atoms with Crippen LogP contribution in [0.1, 0.15) is 37.5 Å². The first-order chi connectivity index (χ1) is 12.6. The largest absolute Gasteiger partial charge is 0.0866 e. The van der Waals surface area contributed by atoms with Gasteiger partial charge >= 0.3 is 0 Å². The molecule has 2 aliphatic rings. The maximum Gasteiger partial charge on any atom is 0.0866 e. The van der Waals surface area contributed by atoms with Gasteiger partial charge in [0, 0.05) is 4.47 Å². The van der Waals surface area contributed by atoms with Crippen molar-refractivity contribution in [2.75, 3.05) is 0 Å². The molecule has 2 aliphatic carbocycles. The Morgan fingerprint density at radius 1 is 0.815 bits per heavy atom. The maximum atomic E-state index is 3.73. The van der Waals surface area contributed by atoms with Crippen LogP contribution in [0.2, 0.25) is 18.1 Å². The molecule has 0 nitrogen and oxygen atoms in total. The highest BCUT2D eigenvalue weighted by molar-refractivity contribution is 9.10. The molecule has 0 N–H and O–H groups in total. The average molecular weight is 440 g/mol. The van der Waals surface area contributed by atoms with Crippen molar-refractivity contribution in [2.45, 2.75) is 58.7 Å². The Balaban J connectivity index is 2.16. The molecule has 2 heteroatoms. The molecule has 0 spiro atoms. The van der Waals surface area contributed by atoms with E-state index in [0.717, 1.165) is 12.8 Å². The Labute approximate surface area is 174 Å². The van der Waals surface area contributed by atoms with E-state index in [-0.39, 0.29) is 0 Å². The van der Waals surface area contributed by atoms with Gasteiger partial charge in [-0.3, -0.25) is 0 Å². The fourth-order valence-corrected chi connectivity index (χ4v) is 7.39. The van der Waals surface area contributed by atoms with Gasteiger partial charge in [-0.2, -0.15) is 0 Å². The number of halogens is 1. The van der Waals surface area contributed by atoms with Crippen LogP contribution in [0.5, 0.6) is 0 Å². The van der Waals surface area contributed by atoms with E-state index in [1.807, 2.05) is 0 Å². The van der Waals surface area contributed by atoms with E-state index in [4.69, 9.17) is 0 Å². The Hall–Kier alpha value is -1.38. The van der Waals surface area contributed by atoms with Crippen LogP contribution in [0.25, 0.3) is 11.1 Å². The zero-order chi connectivity index (χ0) is 19.8. The Kier molecular flexibility index (Phi) is 5.70. The van der Waals surface area contributed by atoms with Crippen molar-refractivity contribution in [3.8, 4) is 11.1 Å². The molecular weight excluding hydrogens is 408 g/mol. The van der Waals surface area contributed by atoms with Gasteiger partial charge in [-0.15, -0.1) is 0 Å². The number of hydrogen-bond donors (Lipinski definition) is 0. The molecule has 1 aromatic rings. The predicted molar refractivity (Wildman–Crippen MR) is 126 cm³/mol. The van der Waals surface area contributed by atoms with Crippen LogP contribution in [-0.4, -0.2) is 8.07 Å². The van der Waals surface area contributed by atoms with E-state index in [0.29, 0.717) is 5.04 Å². The van der Waals surface area contributed by atoms with Crippen molar-refractivity contribution in [2.24, 2.45) is 0 Å². The lowest BCUT2D eigenvalue weighted by atomic mass is 10.0. The molecular formula is C25H31BrSi. The predicted octanol–water partition coefficient (Wildman–Crippen LogP) is 7.36. The quantitative estimate of drug-likeness (QED) is 0.373. The van der Waals surface area contributed by atoms with E-state index in [1.54, 1.807) is 10.8 Å². The topological polar surface area (TPSA) is 0 Å². The molecule has 3 rings (SSSR count). The molecule has 0 bridgehead atoms. The van der Waals surface area contributed by atoms with Crippen LogP contribution in [0, 0.1) is 6.92 Å². The summed E-state index contributed by atoms with van der Waals surface area (Å²) >= 11 is 3.73. The van der Waals surface area contributed by atoms with Crippen molar-refractivity contribution < 1.29 is 0 Å². The van der Waals surface area contributed by atoms with E-state index in [9.17, 15) is 0 Å². The van der Waals surface area contributed by atoms with Crippen LogP contribution >= 0.6 is 15.9 Å². The standard InChI is InChI=1S/C25H31BrSi/c1-18-20-13-8-7-9-14-21(20)22(24(18)27(5,6)25(2,3)4)17-16-19-12-10-11-15-23(19)26/h7-15H,16-17H2,1-6H3. The smallest absolute Gasteiger partial charge is 0.0650 e. The summed E-state index contributed by atoms with van der Waals surface area (Å²) in [5.74, 6) is 0. The third-order valence-electron chi connectivity index (χ3n) is 6.55. The summed E-state index contributed by atoms with van der Waals surface area (Å²) in [6, 6.07) is 19.8. The van der Waals surface area contributed by atoms with Gasteiger partial charge < -0.3 is 0 Å². The summed E-state index contributed by atoms with van der Waals surface area (Å²) in [6.45, 7) is 14.7. The number of hydrogen-bond acceptors (Lipinski definition) is 0. The van der Waals surface area contributed by atoms with Gasteiger partial charge in [0.05, 0.1) is 8.07 Å². The van der Waals surface area contributed by atoms with E-state index in [1.165, 1.54) is 26.7 Å². The molecule has 1 aromatic carbocycles. The molecule has 142 valence electrons. The van der Waals surface area contributed by atoms with Gasteiger partial charge in [0.15, 0.2) is 0 Å². The minimum absolute atomic E-state index is 0.326. The zero-order valence-corrected chi connectivity index (χ0v) is 20.1. The number of aryl methyl sites for hydroxylation is 1. The van der Waals surface area contributed by atoms with Gasteiger partial charge in [0.2, 0.25) is 0 Å². The molecule has 27 heavy (non-hydrogen) atoms. The first kappa shape index (κ1) is 20.4. The molecule has 0 aliphatic heterocycles. The SMILES string of the molecule is Cc1c2cccccc-2c(CCc2ccccc2Br)c1[Si](C)(C)C(C)(C)C. The second-order valence-corrected chi connectivity index (χ2v) is 15.3. The van der Waals surface area contributed by atoms with Gasteiger partial charge in [-0.25, -0.2) is 0 Å². The van der Waals surface area contributed by atoms with E-state index < -0.39 is 8.07 Å². The summed E-state index contributed by atoms with van der Waals surface area (Å²) in [6.07, 6.45) is 2.17. The summed E-state index contributed by atoms with van der Waals surface area (Å²) in [4.78, 5) is 0. The summed E-state index contributed by atoms with van der Waals surface area (Å²) in [5, 5.41) is 2.01. The van der Waals surface area contributed by atoms with Gasteiger partial charge in [-0.1, -0.05) is 104 Å². The normalized spacial score (nSPS) is 12.6. The van der Waals surface area contributed by atoms with Crippen LogP contribution in [0.3, 0.4) is 0 Å². The fourth-order valence-electron chi connectivity index (χ4n) is 4.07. The number of benzene rings is 1. The molecule has 0 fully saturated rings. The second-order valence-electron chi connectivity index (χ2n) is 9.18. The van der Waals surface area contributed by atoms with Crippen molar-refractivity contribution in [1.82, 2.24) is 0 Å². The molecule has 0 heterocycles. The van der Waals surface area contributed by atoms with Gasteiger partial charge in [0.1, 0.15) is 0 Å². The zero-order valence-electron chi connectivity index (χ0n) is 17.5. The molecule has 0 unspecified atom stereocenters. The van der Waals surface area contributed by atoms with E-state index in [2.05, 4.69) is 111 Å². The third kappa shape index (κ3) is 3.79. The lowest BCUT2D eigenvalue weighted by Crippen LogP contribution is -2.51. The highest BCUT2D eigenvalue weighted by Gasteiger charge is 2.41. The van der Waals surface area contributed by atoms with Gasteiger partial charge in [-0.05, 0) is 58.7 Å². The molecule has 0 aromatic heterocycles. The van der Waals surface area contributed by atoms with Crippen molar-refractivity contribution in [1.29, 1.82) is 0 Å². The van der Waals surface area contributed by atoms with Crippen molar-refractivity contribution >= 4 is 29.2 Å². The Morgan fingerprint density at radius 3 is 2.04 bits per heavy atom. The lowest BCUT2D eigenvalue weighted by Gasteiger charge is -2.38. The number of fused-ring (bicyclic) bond motifs is 1. The highest BCUT2D eigenvalue weighted by Crippen LogP contribution is 2.41. The Morgan fingerprint density at radius 2 is 1.41 bits per heavy atom. The first-order valence-electron chi connectivity index (χ1n) is 9.88. The van der Waals surface area contributed by atoms with Crippen molar-refractivity contribution in [3.05, 3.63) is 75.8 Å². The average Bonchev–Trinajstić information content (AvgIpc) is 2.75. The first-order valence-corrected chi connectivity index (χ1v) is 13.7. The maximum absolute atomic E-state index is 3.73. The lowest BCUT2D eigenvalue weighted by molar-refractivity contribution is 0.728. The van der Waals surface area contributed by atoms with Crippen LogP contribution in [-0.2, 0) is 12.8 Å². The second kappa shape index (κ2) is 7.56. The molecule has 0 atom stereocenters. The summed E-state index contributed by atoms with van der Waals surface area (Å²) in [7, 11) is -1.64. The Bertz CT molecular complexity index is 918.